The highest BCUT2D eigenvalue weighted by Crippen LogP contribution is 2.40. The first-order chi connectivity index (χ1) is 21.0. The molecule has 2 aliphatic heterocycles. The zero-order valence-corrected chi connectivity index (χ0v) is 26.8. The van der Waals surface area contributed by atoms with Gasteiger partial charge in [-0.25, -0.2) is 4.79 Å². The first kappa shape index (κ1) is 31.1. The third kappa shape index (κ3) is 6.16. The van der Waals surface area contributed by atoms with E-state index in [1.54, 1.807) is 4.90 Å². The van der Waals surface area contributed by atoms with Crippen LogP contribution in [0, 0.1) is 13.8 Å². The highest BCUT2D eigenvalue weighted by atomic mass is 16.2. The molecule has 4 amide bonds. The van der Waals surface area contributed by atoms with Crippen molar-refractivity contribution in [2.24, 2.45) is 0 Å². The van der Waals surface area contributed by atoms with Crippen molar-refractivity contribution >= 4 is 34.9 Å². The smallest absolute Gasteiger partial charge is 0.321 e. The molecular formula is C36H45N5O3. The van der Waals surface area contributed by atoms with Gasteiger partial charge >= 0.3 is 6.03 Å². The number of likely N-dealkylation sites (tertiary alicyclic amines) is 1. The summed E-state index contributed by atoms with van der Waals surface area (Å²) in [7, 11) is 0. The Bertz CT molecular complexity index is 1500. The van der Waals surface area contributed by atoms with Crippen LogP contribution >= 0.6 is 0 Å². The zero-order chi connectivity index (χ0) is 31.6. The van der Waals surface area contributed by atoms with E-state index in [-0.39, 0.29) is 36.2 Å². The lowest BCUT2D eigenvalue weighted by molar-refractivity contribution is -0.136. The van der Waals surface area contributed by atoms with Crippen LogP contribution in [0.5, 0.6) is 0 Å². The molecule has 0 aromatic heterocycles. The Hall–Kier alpha value is -4.33. The SMILES string of the molecule is Cc1ccc(NC(=O)CN2CN(c3ccccc3)C3(CCN(C(=O)Nc4c(C(C)C)cccc4C(C)C)CC3)C2=O)cc1C. The van der Waals surface area contributed by atoms with Crippen LogP contribution in [0.25, 0.3) is 0 Å². The average Bonchev–Trinajstić information content (AvgIpc) is 3.25. The maximum atomic E-state index is 14.1. The van der Waals surface area contributed by atoms with Gasteiger partial charge in [0.2, 0.25) is 5.91 Å². The summed E-state index contributed by atoms with van der Waals surface area (Å²) in [6, 6.07) is 21.8. The molecule has 8 heteroatoms. The van der Waals surface area contributed by atoms with E-state index in [0.717, 1.165) is 39.3 Å². The molecule has 3 aromatic carbocycles. The first-order valence-electron chi connectivity index (χ1n) is 15.7. The van der Waals surface area contributed by atoms with Gasteiger partial charge in [-0.15, -0.1) is 0 Å². The van der Waals surface area contributed by atoms with Gasteiger partial charge in [-0.1, -0.05) is 70.2 Å². The highest BCUT2D eigenvalue weighted by molar-refractivity contribution is 5.99. The molecule has 1 spiro atoms. The van der Waals surface area contributed by atoms with Crippen LogP contribution in [0.4, 0.5) is 21.9 Å². The quantitative estimate of drug-likeness (QED) is 0.313. The van der Waals surface area contributed by atoms with Gasteiger partial charge in [-0.3, -0.25) is 9.59 Å². The molecule has 232 valence electrons. The minimum atomic E-state index is -0.822. The number of nitrogens with one attached hydrogen (secondary N) is 2. The predicted molar refractivity (Wildman–Crippen MR) is 177 cm³/mol. The van der Waals surface area contributed by atoms with Crippen LogP contribution in [0.2, 0.25) is 0 Å². The lowest BCUT2D eigenvalue weighted by Gasteiger charge is -2.43. The molecule has 0 bridgehead atoms. The van der Waals surface area contributed by atoms with Gasteiger partial charge in [-0.05, 0) is 85.0 Å². The second-order valence-electron chi connectivity index (χ2n) is 12.8. The lowest BCUT2D eigenvalue weighted by atomic mass is 9.85. The molecule has 2 heterocycles. The molecule has 0 saturated carbocycles. The third-order valence-corrected chi connectivity index (χ3v) is 9.19. The third-order valence-electron chi connectivity index (χ3n) is 9.19. The molecule has 3 aromatic rings. The number of nitrogens with zero attached hydrogens (tertiary/aromatic N) is 3. The fraction of sp³-hybridized carbons (Fsp3) is 0.417. The largest absolute Gasteiger partial charge is 0.339 e. The van der Waals surface area contributed by atoms with Gasteiger partial charge < -0.3 is 25.3 Å². The molecule has 44 heavy (non-hydrogen) atoms. The standard InChI is InChI=1S/C36H45N5O3/c1-24(2)30-13-10-14-31(25(3)4)33(30)38-35(44)39-19-17-36(18-20-39)34(43)40(23-41(36)29-11-8-7-9-12-29)22-32(42)37-28-16-15-26(5)27(6)21-28/h7-16,21,24-25H,17-20,22-23H2,1-6H3,(H,37,42)(H,38,44). The van der Waals surface area contributed by atoms with Gasteiger partial charge in [0.15, 0.2) is 0 Å². The Labute approximate surface area is 261 Å². The van der Waals surface area contributed by atoms with E-state index in [1.807, 2.05) is 67.3 Å². The minimum Gasteiger partial charge on any atom is -0.339 e. The van der Waals surface area contributed by atoms with Crippen molar-refractivity contribution in [3.63, 3.8) is 0 Å². The average molecular weight is 596 g/mol. The van der Waals surface area contributed by atoms with E-state index in [1.165, 1.54) is 0 Å². The second-order valence-corrected chi connectivity index (χ2v) is 12.8. The van der Waals surface area contributed by atoms with Crippen molar-refractivity contribution in [3.8, 4) is 0 Å². The topological polar surface area (TPSA) is 85.0 Å². The second kappa shape index (κ2) is 12.7. The molecule has 2 saturated heterocycles. The Kier molecular flexibility index (Phi) is 9.00. The normalized spacial score (nSPS) is 16.3. The highest BCUT2D eigenvalue weighted by Gasteiger charge is 2.54. The number of amides is 4. The maximum Gasteiger partial charge on any atom is 0.321 e. The Morgan fingerprint density at radius 3 is 2.05 bits per heavy atom. The molecular weight excluding hydrogens is 550 g/mol. The predicted octanol–water partition coefficient (Wildman–Crippen LogP) is 6.86. The summed E-state index contributed by atoms with van der Waals surface area (Å²) in [6.07, 6.45) is 0.957. The fourth-order valence-corrected chi connectivity index (χ4v) is 6.48. The first-order valence-corrected chi connectivity index (χ1v) is 15.7. The number of hydrogen-bond acceptors (Lipinski definition) is 4. The Balaban J connectivity index is 1.33. The number of hydrogen-bond donors (Lipinski definition) is 2. The molecule has 0 radical (unpaired) electrons. The molecule has 0 atom stereocenters. The summed E-state index contributed by atoms with van der Waals surface area (Å²) in [4.78, 5) is 46.5. The minimum absolute atomic E-state index is 0.0367. The van der Waals surface area contributed by atoms with Crippen molar-refractivity contribution in [2.75, 3.05) is 41.8 Å². The van der Waals surface area contributed by atoms with E-state index in [9.17, 15) is 14.4 Å². The summed E-state index contributed by atoms with van der Waals surface area (Å²) in [5.41, 5.74) is 6.22. The van der Waals surface area contributed by atoms with Crippen molar-refractivity contribution in [1.82, 2.24) is 9.80 Å². The number of anilines is 3. The van der Waals surface area contributed by atoms with E-state index in [0.29, 0.717) is 32.6 Å². The molecule has 0 aliphatic carbocycles. The van der Waals surface area contributed by atoms with E-state index < -0.39 is 5.54 Å². The summed E-state index contributed by atoms with van der Waals surface area (Å²) in [5, 5.41) is 6.20. The van der Waals surface area contributed by atoms with E-state index in [4.69, 9.17) is 0 Å². The number of urea groups is 1. The molecule has 5 rings (SSSR count). The summed E-state index contributed by atoms with van der Waals surface area (Å²) < 4.78 is 0. The van der Waals surface area contributed by atoms with Crippen LogP contribution in [0.3, 0.4) is 0 Å². The van der Waals surface area contributed by atoms with Crippen molar-refractivity contribution in [2.45, 2.75) is 71.8 Å². The number of carbonyl (C=O) groups is 3. The fourth-order valence-electron chi connectivity index (χ4n) is 6.48. The number of piperidine rings is 1. The lowest BCUT2D eigenvalue weighted by Crippen LogP contribution is -2.58. The maximum absolute atomic E-state index is 14.1. The van der Waals surface area contributed by atoms with Crippen molar-refractivity contribution in [3.05, 3.63) is 89.0 Å². The number of rotatable bonds is 7. The van der Waals surface area contributed by atoms with Gasteiger partial charge in [-0.2, -0.15) is 0 Å². The van der Waals surface area contributed by atoms with Gasteiger partial charge in [0, 0.05) is 30.2 Å². The van der Waals surface area contributed by atoms with Crippen LogP contribution in [-0.2, 0) is 9.59 Å². The number of para-hydroxylation sites is 2. The molecule has 8 nitrogen and oxygen atoms in total. The number of carbonyl (C=O) groups excluding carboxylic acids is 3. The summed E-state index contributed by atoms with van der Waals surface area (Å²) in [5.74, 6) is 0.238. The molecule has 0 unspecified atom stereocenters. The molecule has 2 aliphatic rings. The molecule has 2 N–H and O–H groups in total. The Morgan fingerprint density at radius 2 is 1.45 bits per heavy atom. The van der Waals surface area contributed by atoms with Crippen LogP contribution in [-0.4, -0.2) is 59.5 Å². The number of aryl methyl sites for hydroxylation is 2. The van der Waals surface area contributed by atoms with Crippen molar-refractivity contribution < 1.29 is 14.4 Å². The molecule has 2 fully saturated rings. The van der Waals surface area contributed by atoms with Crippen molar-refractivity contribution in [1.29, 1.82) is 0 Å². The Morgan fingerprint density at radius 1 is 0.818 bits per heavy atom. The van der Waals surface area contributed by atoms with Gasteiger partial charge in [0.25, 0.3) is 5.91 Å². The van der Waals surface area contributed by atoms with Gasteiger partial charge in [0.05, 0.1) is 6.67 Å². The van der Waals surface area contributed by atoms with Crippen LogP contribution in [0.1, 0.15) is 74.6 Å². The zero-order valence-electron chi connectivity index (χ0n) is 26.8. The summed E-state index contributed by atoms with van der Waals surface area (Å²) in [6.45, 7) is 13.7. The number of benzene rings is 3. The van der Waals surface area contributed by atoms with E-state index in [2.05, 4.69) is 61.4 Å². The summed E-state index contributed by atoms with van der Waals surface area (Å²) >= 11 is 0. The van der Waals surface area contributed by atoms with Gasteiger partial charge in [0.1, 0.15) is 12.1 Å². The van der Waals surface area contributed by atoms with Crippen LogP contribution in [0.15, 0.2) is 66.7 Å². The van der Waals surface area contributed by atoms with E-state index >= 15 is 0 Å². The van der Waals surface area contributed by atoms with Crippen LogP contribution < -0.4 is 15.5 Å². The monoisotopic (exact) mass is 595 g/mol.